The Hall–Kier alpha value is -1.56. The summed E-state index contributed by atoms with van der Waals surface area (Å²) in [5.74, 6) is -5.23. The van der Waals surface area contributed by atoms with Gasteiger partial charge in [-0.15, -0.1) is 0 Å². The first kappa shape index (κ1) is 16.5. The molecule has 20 heavy (non-hydrogen) atoms. The van der Waals surface area contributed by atoms with E-state index in [4.69, 9.17) is 0 Å². The van der Waals surface area contributed by atoms with Crippen LogP contribution in [0.2, 0.25) is 0 Å². The fourth-order valence-electron chi connectivity index (χ4n) is 1.25. The van der Waals surface area contributed by atoms with Gasteiger partial charge >= 0.3 is 24.3 Å². The van der Waals surface area contributed by atoms with Gasteiger partial charge < -0.3 is 14.9 Å². The second-order valence-electron chi connectivity index (χ2n) is 3.66. The van der Waals surface area contributed by atoms with Crippen molar-refractivity contribution in [3.8, 4) is 0 Å². The van der Waals surface area contributed by atoms with Crippen molar-refractivity contribution in [1.82, 2.24) is 10.4 Å². The molecule has 0 aliphatic carbocycles. The zero-order chi connectivity index (χ0) is 15.7. The molecule has 0 aromatic rings. The number of hydrogen-bond acceptors (Lipinski definition) is 6. The number of nitrogens with zero attached hydrogens (tertiary/aromatic N) is 1. The van der Waals surface area contributed by atoms with Crippen molar-refractivity contribution in [2.45, 2.75) is 24.6 Å². The lowest BCUT2D eigenvalue weighted by Gasteiger charge is -2.44. The Balaban J connectivity index is 2.66. The quantitative estimate of drug-likeness (QED) is 0.599. The molecular weight excluding hydrogens is 302 g/mol. The first-order valence-electron chi connectivity index (χ1n) is 4.97. The number of rotatable bonds is 3. The molecule has 1 fully saturated rings. The Kier molecular flexibility index (Phi) is 4.49. The number of hydrogen-bond donors (Lipinski definition) is 1. The van der Waals surface area contributed by atoms with Crippen molar-refractivity contribution in [3.63, 3.8) is 0 Å². The highest BCUT2D eigenvalue weighted by Crippen LogP contribution is 2.27. The van der Waals surface area contributed by atoms with Crippen LogP contribution in [0, 0.1) is 0 Å². The van der Waals surface area contributed by atoms with Gasteiger partial charge in [-0.1, -0.05) is 5.06 Å². The second kappa shape index (κ2) is 5.44. The van der Waals surface area contributed by atoms with Crippen LogP contribution in [0.4, 0.5) is 26.3 Å². The van der Waals surface area contributed by atoms with Crippen molar-refractivity contribution in [2.75, 3.05) is 13.6 Å². The normalized spacial score (nSPS) is 23.9. The van der Waals surface area contributed by atoms with E-state index in [0.29, 0.717) is 0 Å². The number of esters is 1. The Morgan fingerprint density at radius 1 is 1.10 bits per heavy atom. The van der Waals surface area contributed by atoms with E-state index >= 15 is 0 Å². The first-order chi connectivity index (χ1) is 8.96. The van der Waals surface area contributed by atoms with Crippen molar-refractivity contribution >= 4 is 11.9 Å². The lowest BCUT2D eigenvalue weighted by Crippen LogP contribution is -2.67. The summed E-state index contributed by atoms with van der Waals surface area (Å²) in [6, 6.07) is -0.901. The average molecular weight is 310 g/mol. The van der Waals surface area contributed by atoms with Gasteiger partial charge in [0.15, 0.2) is 0 Å². The monoisotopic (exact) mass is 310 g/mol. The third kappa shape index (κ3) is 3.72. The number of carbonyl (C=O) groups is 2. The molecule has 0 spiro atoms. The Morgan fingerprint density at radius 3 is 2.00 bits per heavy atom. The third-order valence-corrected chi connectivity index (χ3v) is 2.27. The zero-order valence-corrected chi connectivity index (χ0v) is 9.71. The molecule has 0 aromatic heterocycles. The maximum absolute atomic E-state index is 12.0. The number of ether oxygens (including phenoxy) is 1. The van der Waals surface area contributed by atoms with Crippen LogP contribution in [0.1, 0.15) is 0 Å². The number of likely N-dealkylation sites (N-methyl/N-ethyl adjacent to an activating group) is 1. The highest BCUT2D eigenvalue weighted by molar-refractivity contribution is 5.76. The van der Waals surface area contributed by atoms with Crippen LogP contribution in [0.25, 0.3) is 0 Å². The molecule has 1 N–H and O–H groups in total. The van der Waals surface area contributed by atoms with E-state index in [1.807, 2.05) is 0 Å². The summed E-state index contributed by atoms with van der Waals surface area (Å²) >= 11 is 0. The first-order valence-corrected chi connectivity index (χ1v) is 4.97. The van der Waals surface area contributed by atoms with Crippen LogP contribution in [0.5, 0.6) is 0 Å². The summed E-state index contributed by atoms with van der Waals surface area (Å²) in [4.78, 5) is 24.9. The molecule has 2 atom stereocenters. The van der Waals surface area contributed by atoms with Gasteiger partial charge in [0.1, 0.15) is 0 Å². The number of nitrogens with one attached hydrogen (secondary N) is 1. The van der Waals surface area contributed by atoms with Crippen LogP contribution < -0.4 is 5.32 Å². The predicted molar refractivity (Wildman–Crippen MR) is 47.6 cm³/mol. The Morgan fingerprint density at radius 2 is 1.60 bits per heavy atom. The molecule has 1 heterocycles. The molecule has 1 rings (SSSR count). The van der Waals surface area contributed by atoms with Gasteiger partial charge in [-0.2, -0.15) is 26.3 Å². The van der Waals surface area contributed by atoms with Crippen LogP contribution >= 0.6 is 0 Å². The lowest BCUT2D eigenvalue weighted by molar-refractivity contribution is -0.314. The van der Waals surface area contributed by atoms with Crippen LogP contribution in [-0.2, 0) is 19.2 Å². The van der Waals surface area contributed by atoms with E-state index in [9.17, 15) is 35.9 Å². The molecule has 1 aliphatic rings. The van der Waals surface area contributed by atoms with Crippen molar-refractivity contribution in [2.24, 2.45) is 0 Å². The molecule has 0 saturated carbocycles. The van der Waals surface area contributed by atoms with Crippen molar-refractivity contribution < 1.29 is 45.5 Å². The van der Waals surface area contributed by atoms with E-state index in [0.717, 1.165) is 0 Å². The summed E-state index contributed by atoms with van der Waals surface area (Å²) in [6.07, 6.45) is -12.4. The Bertz CT molecular complexity index is 395. The maximum Gasteiger partial charge on any atom is 0.492 e. The topological polar surface area (TPSA) is 67.9 Å². The summed E-state index contributed by atoms with van der Waals surface area (Å²) in [5, 5.41) is 2.59. The van der Waals surface area contributed by atoms with E-state index < -0.39 is 36.6 Å². The van der Waals surface area contributed by atoms with Gasteiger partial charge in [-0.25, -0.2) is 9.59 Å². The summed E-state index contributed by atoms with van der Waals surface area (Å²) < 4.78 is 75.6. The molecule has 6 nitrogen and oxygen atoms in total. The largest absolute Gasteiger partial charge is 0.492 e. The fourth-order valence-corrected chi connectivity index (χ4v) is 1.25. The standard InChI is InChI=1S/C8H8F6N2O4/c1-15-3-2-16(20-6(18)8(12,13)14)4(3)19-5(17)7(9,10)11/h3-4,15H,2H2,1H3. The number of hydroxylamine groups is 2. The SMILES string of the molecule is CNC1CN(OC(=O)C(F)(F)F)C1OC(=O)C(F)(F)F. The van der Waals surface area contributed by atoms with Gasteiger partial charge in [0, 0.05) is 0 Å². The molecular formula is C8H8F6N2O4. The molecule has 116 valence electrons. The minimum Gasteiger partial charge on any atom is -0.435 e. The lowest BCUT2D eigenvalue weighted by atomic mass is 10.1. The van der Waals surface area contributed by atoms with Crippen LogP contribution in [0.3, 0.4) is 0 Å². The third-order valence-electron chi connectivity index (χ3n) is 2.27. The minimum atomic E-state index is -5.32. The molecule has 0 radical (unpaired) electrons. The maximum atomic E-state index is 12.0. The van der Waals surface area contributed by atoms with Gasteiger partial charge in [-0.3, -0.25) is 0 Å². The highest BCUT2D eigenvalue weighted by Gasteiger charge is 2.52. The molecule has 0 aromatic carbocycles. The number of carbonyl (C=O) groups excluding carboxylic acids is 2. The molecule has 0 bridgehead atoms. The zero-order valence-electron chi connectivity index (χ0n) is 9.71. The average Bonchev–Trinajstić information content (AvgIpc) is 2.27. The van der Waals surface area contributed by atoms with Gasteiger partial charge in [-0.05, 0) is 7.05 Å². The van der Waals surface area contributed by atoms with E-state index in [-0.39, 0.29) is 11.6 Å². The second-order valence-corrected chi connectivity index (χ2v) is 3.66. The molecule has 0 amide bonds. The van der Waals surface area contributed by atoms with Crippen LogP contribution in [-0.4, -0.2) is 55.2 Å². The summed E-state index contributed by atoms with van der Waals surface area (Å²) in [5.41, 5.74) is 0. The van der Waals surface area contributed by atoms with Crippen molar-refractivity contribution in [3.05, 3.63) is 0 Å². The fraction of sp³-hybridized carbons (Fsp3) is 0.750. The van der Waals surface area contributed by atoms with Gasteiger partial charge in [0.25, 0.3) is 0 Å². The molecule has 1 aliphatic heterocycles. The molecule has 2 unspecified atom stereocenters. The summed E-state index contributed by atoms with van der Waals surface area (Å²) in [6.45, 7) is -0.367. The Labute approximate surface area is 107 Å². The molecule has 12 heteroatoms. The highest BCUT2D eigenvalue weighted by atomic mass is 19.4. The van der Waals surface area contributed by atoms with E-state index in [1.165, 1.54) is 7.05 Å². The number of halogens is 6. The smallest absolute Gasteiger partial charge is 0.435 e. The minimum absolute atomic E-state index is 0.195. The van der Waals surface area contributed by atoms with E-state index in [2.05, 4.69) is 14.9 Å². The van der Waals surface area contributed by atoms with Gasteiger partial charge in [0.2, 0.25) is 6.23 Å². The van der Waals surface area contributed by atoms with Gasteiger partial charge in [0.05, 0.1) is 12.6 Å². The predicted octanol–water partition coefficient (Wildman–Crippen LogP) is 0.342. The number of alkyl halides is 6. The van der Waals surface area contributed by atoms with Crippen LogP contribution in [0.15, 0.2) is 0 Å². The summed E-state index contributed by atoms with van der Waals surface area (Å²) in [7, 11) is 1.28. The van der Waals surface area contributed by atoms with E-state index in [1.54, 1.807) is 0 Å². The molecule has 1 saturated heterocycles. The van der Waals surface area contributed by atoms with Crippen molar-refractivity contribution in [1.29, 1.82) is 0 Å².